The molecule has 0 saturated carbocycles. The smallest absolute Gasteiger partial charge is 0.225 e. The maximum absolute atomic E-state index is 10.1. The molecule has 0 saturated heterocycles. The number of aromatic hydroxyl groups is 1. The summed E-state index contributed by atoms with van der Waals surface area (Å²) in [4.78, 5) is 7.98. The summed E-state index contributed by atoms with van der Waals surface area (Å²) in [5, 5.41) is 10.5. The summed E-state index contributed by atoms with van der Waals surface area (Å²) < 4.78 is 17.0. The van der Waals surface area contributed by atoms with Gasteiger partial charge in [0.15, 0.2) is 11.5 Å². The normalized spacial score (nSPS) is 12.1. The SMILES string of the molecule is COc1ccc2ncnc(O)c2c1OC(C)COCc1ccccc1. The van der Waals surface area contributed by atoms with E-state index in [0.717, 1.165) is 5.56 Å². The van der Waals surface area contributed by atoms with Crippen LogP contribution < -0.4 is 9.47 Å². The zero-order valence-corrected chi connectivity index (χ0v) is 14.2. The minimum absolute atomic E-state index is 0.142. The third kappa shape index (κ3) is 3.97. The largest absolute Gasteiger partial charge is 0.493 e. The molecule has 3 aromatic rings. The van der Waals surface area contributed by atoms with Crippen molar-refractivity contribution in [2.24, 2.45) is 0 Å². The van der Waals surface area contributed by atoms with Gasteiger partial charge in [0, 0.05) is 0 Å². The summed E-state index contributed by atoms with van der Waals surface area (Å²) >= 11 is 0. The van der Waals surface area contributed by atoms with Crippen molar-refractivity contribution < 1.29 is 19.3 Å². The molecule has 0 spiro atoms. The molecule has 25 heavy (non-hydrogen) atoms. The van der Waals surface area contributed by atoms with E-state index < -0.39 is 0 Å². The van der Waals surface area contributed by atoms with Gasteiger partial charge in [0.2, 0.25) is 5.88 Å². The van der Waals surface area contributed by atoms with E-state index in [-0.39, 0.29) is 12.0 Å². The fraction of sp³-hybridized carbons (Fsp3) is 0.263. The second-order valence-electron chi connectivity index (χ2n) is 5.62. The molecule has 1 N–H and O–H groups in total. The van der Waals surface area contributed by atoms with Crippen LogP contribution in [0.1, 0.15) is 12.5 Å². The quantitative estimate of drug-likeness (QED) is 0.711. The highest BCUT2D eigenvalue weighted by Gasteiger charge is 2.17. The lowest BCUT2D eigenvalue weighted by atomic mass is 10.2. The zero-order valence-electron chi connectivity index (χ0n) is 14.2. The molecule has 6 nitrogen and oxygen atoms in total. The van der Waals surface area contributed by atoms with E-state index in [1.807, 2.05) is 37.3 Å². The molecule has 3 rings (SSSR count). The van der Waals surface area contributed by atoms with Crippen molar-refractivity contribution >= 4 is 10.9 Å². The zero-order chi connectivity index (χ0) is 17.6. The molecule has 1 heterocycles. The Kier molecular flexibility index (Phi) is 5.30. The third-order valence-corrected chi connectivity index (χ3v) is 3.70. The van der Waals surface area contributed by atoms with Gasteiger partial charge in [-0.15, -0.1) is 0 Å². The number of nitrogens with zero attached hydrogens (tertiary/aromatic N) is 2. The molecule has 1 aromatic heterocycles. The van der Waals surface area contributed by atoms with Crippen molar-refractivity contribution in [1.29, 1.82) is 0 Å². The standard InChI is InChI=1S/C19H20N2O4/c1-13(10-24-11-14-6-4-3-5-7-14)25-18-16(23-2)9-8-15-17(18)19(22)21-12-20-15/h3-9,12-13H,10-11H2,1-2H3,(H,20,21,22). The number of hydrogen-bond acceptors (Lipinski definition) is 6. The maximum Gasteiger partial charge on any atom is 0.225 e. The average Bonchev–Trinajstić information content (AvgIpc) is 2.63. The van der Waals surface area contributed by atoms with Crippen molar-refractivity contribution in [3.63, 3.8) is 0 Å². The van der Waals surface area contributed by atoms with E-state index in [9.17, 15) is 5.11 Å². The number of fused-ring (bicyclic) bond motifs is 1. The van der Waals surface area contributed by atoms with Crippen LogP contribution in [0.3, 0.4) is 0 Å². The van der Waals surface area contributed by atoms with Crippen LogP contribution in [0.5, 0.6) is 17.4 Å². The Morgan fingerprint density at radius 2 is 1.88 bits per heavy atom. The van der Waals surface area contributed by atoms with E-state index in [0.29, 0.717) is 35.6 Å². The van der Waals surface area contributed by atoms with E-state index >= 15 is 0 Å². The van der Waals surface area contributed by atoms with Crippen LogP contribution in [0, 0.1) is 0 Å². The molecular weight excluding hydrogens is 320 g/mol. The number of benzene rings is 2. The van der Waals surface area contributed by atoms with Crippen molar-refractivity contribution in [2.45, 2.75) is 19.6 Å². The molecule has 6 heteroatoms. The first-order chi connectivity index (χ1) is 12.2. The van der Waals surface area contributed by atoms with Gasteiger partial charge in [0.1, 0.15) is 17.8 Å². The van der Waals surface area contributed by atoms with Gasteiger partial charge in [-0.3, -0.25) is 0 Å². The van der Waals surface area contributed by atoms with E-state index in [1.165, 1.54) is 6.33 Å². The molecule has 0 bridgehead atoms. The van der Waals surface area contributed by atoms with Crippen molar-refractivity contribution in [3.05, 3.63) is 54.4 Å². The summed E-state index contributed by atoms with van der Waals surface area (Å²) in [6.07, 6.45) is 1.06. The summed E-state index contributed by atoms with van der Waals surface area (Å²) in [5.41, 5.74) is 1.68. The van der Waals surface area contributed by atoms with Gasteiger partial charge in [-0.2, -0.15) is 0 Å². The summed E-state index contributed by atoms with van der Waals surface area (Å²) in [5.74, 6) is 0.776. The highest BCUT2D eigenvalue weighted by molar-refractivity contribution is 5.91. The van der Waals surface area contributed by atoms with Gasteiger partial charge >= 0.3 is 0 Å². The Hall–Kier alpha value is -2.86. The Morgan fingerprint density at radius 3 is 2.64 bits per heavy atom. The average molecular weight is 340 g/mol. The van der Waals surface area contributed by atoms with Crippen molar-refractivity contribution in [3.8, 4) is 17.4 Å². The Bertz CT molecular complexity index is 839. The van der Waals surface area contributed by atoms with Crippen LogP contribution in [0.4, 0.5) is 0 Å². The van der Waals surface area contributed by atoms with Gasteiger partial charge in [-0.05, 0) is 24.6 Å². The van der Waals surface area contributed by atoms with Gasteiger partial charge in [-0.1, -0.05) is 30.3 Å². The fourth-order valence-corrected chi connectivity index (χ4v) is 2.52. The van der Waals surface area contributed by atoms with Gasteiger partial charge in [0.05, 0.1) is 25.8 Å². The lowest BCUT2D eigenvalue weighted by Gasteiger charge is -2.18. The number of methoxy groups -OCH3 is 1. The molecule has 1 atom stereocenters. The number of ether oxygens (including phenoxy) is 3. The van der Waals surface area contributed by atoms with Crippen LogP contribution in [0.15, 0.2) is 48.8 Å². The molecule has 2 aromatic carbocycles. The highest BCUT2D eigenvalue weighted by Crippen LogP contribution is 2.39. The van der Waals surface area contributed by atoms with Crippen molar-refractivity contribution in [1.82, 2.24) is 9.97 Å². The minimum atomic E-state index is -0.247. The Balaban J connectivity index is 1.73. The molecule has 0 aliphatic carbocycles. The first-order valence-electron chi connectivity index (χ1n) is 7.98. The predicted octanol–water partition coefficient (Wildman–Crippen LogP) is 3.33. The number of hydrogen-bond donors (Lipinski definition) is 1. The Morgan fingerprint density at radius 1 is 1.08 bits per heavy atom. The van der Waals surface area contributed by atoms with Gasteiger partial charge in [-0.25, -0.2) is 9.97 Å². The maximum atomic E-state index is 10.1. The predicted molar refractivity (Wildman–Crippen MR) is 93.9 cm³/mol. The molecule has 0 aliphatic heterocycles. The van der Waals surface area contributed by atoms with Crippen LogP contribution in [-0.4, -0.2) is 34.9 Å². The molecule has 0 fully saturated rings. The molecule has 1 unspecified atom stereocenters. The summed E-state index contributed by atoms with van der Waals surface area (Å²) in [6, 6.07) is 13.4. The molecule has 0 aliphatic rings. The lowest BCUT2D eigenvalue weighted by molar-refractivity contribution is 0.0488. The van der Waals surface area contributed by atoms with Gasteiger partial charge in [0.25, 0.3) is 0 Å². The van der Waals surface area contributed by atoms with Crippen LogP contribution >= 0.6 is 0 Å². The second-order valence-corrected chi connectivity index (χ2v) is 5.62. The van der Waals surface area contributed by atoms with Crippen LogP contribution in [0.2, 0.25) is 0 Å². The monoisotopic (exact) mass is 340 g/mol. The van der Waals surface area contributed by atoms with Crippen LogP contribution in [-0.2, 0) is 11.3 Å². The molecule has 130 valence electrons. The number of aromatic nitrogens is 2. The van der Waals surface area contributed by atoms with E-state index in [1.54, 1.807) is 19.2 Å². The minimum Gasteiger partial charge on any atom is -0.493 e. The topological polar surface area (TPSA) is 73.7 Å². The highest BCUT2D eigenvalue weighted by atomic mass is 16.5. The fourth-order valence-electron chi connectivity index (χ4n) is 2.52. The summed E-state index contributed by atoms with van der Waals surface area (Å²) in [6.45, 7) is 2.79. The molecular formula is C19H20N2O4. The van der Waals surface area contributed by atoms with Crippen LogP contribution in [0.25, 0.3) is 10.9 Å². The second kappa shape index (κ2) is 7.81. The summed E-state index contributed by atoms with van der Waals surface area (Å²) in [7, 11) is 1.55. The third-order valence-electron chi connectivity index (χ3n) is 3.70. The first-order valence-corrected chi connectivity index (χ1v) is 7.98. The number of rotatable bonds is 7. The lowest BCUT2D eigenvalue weighted by Crippen LogP contribution is -2.19. The Labute approximate surface area is 146 Å². The molecule has 0 radical (unpaired) electrons. The van der Waals surface area contributed by atoms with E-state index in [2.05, 4.69) is 9.97 Å². The van der Waals surface area contributed by atoms with E-state index in [4.69, 9.17) is 14.2 Å². The van der Waals surface area contributed by atoms with Crippen molar-refractivity contribution in [2.75, 3.05) is 13.7 Å². The van der Waals surface area contributed by atoms with Gasteiger partial charge < -0.3 is 19.3 Å². The first kappa shape index (κ1) is 17.0. The molecule has 0 amide bonds.